The van der Waals surface area contributed by atoms with E-state index in [0.717, 1.165) is 5.56 Å². The zero-order valence-electron chi connectivity index (χ0n) is 29.9. The molecule has 7 aromatic carbocycles. The van der Waals surface area contributed by atoms with Crippen LogP contribution in [0.3, 0.4) is 0 Å². The van der Waals surface area contributed by atoms with Gasteiger partial charge in [0.2, 0.25) is 0 Å². The third kappa shape index (κ3) is 5.13. The Bertz CT molecular complexity index is 2770. The topological polar surface area (TPSA) is 17.8 Å². The average Bonchev–Trinajstić information content (AvgIpc) is 3.67. The van der Waals surface area contributed by atoms with Gasteiger partial charge >= 0.3 is 0 Å². The minimum absolute atomic E-state index is 0.0263. The molecule has 2 heterocycles. The van der Waals surface area contributed by atoms with E-state index in [9.17, 15) is 0 Å². The van der Waals surface area contributed by atoms with E-state index in [0.29, 0.717) is 0 Å². The summed E-state index contributed by atoms with van der Waals surface area (Å²) in [6.07, 6.45) is 3.76. The number of para-hydroxylation sites is 2. The number of hydrogen-bond acceptors (Lipinski definition) is 1. The number of rotatable bonds is 6. The summed E-state index contributed by atoms with van der Waals surface area (Å²) < 4.78 is 2.37. The van der Waals surface area contributed by atoms with Gasteiger partial charge in [0.15, 0.2) is 0 Å². The first-order valence-electron chi connectivity index (χ1n) is 18.5. The predicted molar refractivity (Wildman–Crippen MR) is 221 cm³/mol. The molecule has 0 aliphatic heterocycles. The lowest BCUT2D eigenvalue weighted by atomic mass is 9.80. The highest BCUT2D eigenvalue weighted by Gasteiger charge is 2.35. The molecule has 1 atom stereocenters. The second kappa shape index (κ2) is 12.3. The van der Waals surface area contributed by atoms with Gasteiger partial charge in [-0.3, -0.25) is 4.98 Å². The quantitative estimate of drug-likeness (QED) is 0.160. The molecule has 0 saturated heterocycles. The SMILES string of the molecule is CC1(C)c2ccccc2-c2cc(C(c3ccc(-c4cccnc4)cc3)c3ccc(-c4ccc5c(c4)c4ccccc4n5-c4ccccc4)cc3)ccc21. The van der Waals surface area contributed by atoms with Gasteiger partial charge in [0.05, 0.1) is 11.0 Å². The molecule has 252 valence electrons. The number of hydrogen-bond donors (Lipinski definition) is 0. The van der Waals surface area contributed by atoms with Crippen molar-refractivity contribution in [3.05, 3.63) is 216 Å². The maximum Gasteiger partial charge on any atom is 0.0541 e. The molecule has 9 aromatic rings. The Balaban J connectivity index is 1.07. The molecule has 2 heteroatoms. The second-order valence-electron chi connectivity index (χ2n) is 14.8. The van der Waals surface area contributed by atoms with Crippen LogP contribution in [-0.4, -0.2) is 9.55 Å². The van der Waals surface area contributed by atoms with Crippen molar-refractivity contribution in [1.82, 2.24) is 9.55 Å². The summed E-state index contributed by atoms with van der Waals surface area (Å²) in [5, 5.41) is 2.53. The Hall–Kier alpha value is -6.51. The van der Waals surface area contributed by atoms with Crippen LogP contribution in [0.5, 0.6) is 0 Å². The lowest BCUT2D eigenvalue weighted by Gasteiger charge is -2.23. The molecule has 1 unspecified atom stereocenters. The Kier molecular flexibility index (Phi) is 7.26. The second-order valence-corrected chi connectivity index (χ2v) is 14.8. The molecule has 0 bridgehead atoms. The molecule has 0 N–H and O–H groups in total. The van der Waals surface area contributed by atoms with Gasteiger partial charge < -0.3 is 4.57 Å². The van der Waals surface area contributed by atoms with Crippen LogP contribution in [-0.2, 0) is 5.41 Å². The third-order valence-electron chi connectivity index (χ3n) is 11.4. The van der Waals surface area contributed by atoms with Crippen LogP contribution >= 0.6 is 0 Å². The predicted octanol–water partition coefficient (Wildman–Crippen LogP) is 13.0. The molecule has 1 aliphatic carbocycles. The van der Waals surface area contributed by atoms with Crippen molar-refractivity contribution < 1.29 is 0 Å². The zero-order valence-corrected chi connectivity index (χ0v) is 29.9. The molecule has 0 radical (unpaired) electrons. The summed E-state index contributed by atoms with van der Waals surface area (Å²) in [5.41, 5.74) is 17.6. The van der Waals surface area contributed by atoms with E-state index in [1.165, 1.54) is 83.1 Å². The van der Waals surface area contributed by atoms with Crippen LogP contribution < -0.4 is 0 Å². The molecule has 0 spiro atoms. The molecule has 2 aromatic heterocycles. The highest BCUT2D eigenvalue weighted by Crippen LogP contribution is 2.50. The van der Waals surface area contributed by atoms with Gasteiger partial charge in [-0.15, -0.1) is 0 Å². The van der Waals surface area contributed by atoms with Gasteiger partial charge in [-0.1, -0.05) is 147 Å². The zero-order chi connectivity index (χ0) is 35.5. The standard InChI is InChI=1S/C51H38N2/c1-51(2)46-16-8-6-14-42(46)44-32-39(26-28-47(44)51)50(37-24-20-35(21-25-37)40-11-10-30-52-33-40)36-22-18-34(19-23-36)38-27-29-49-45(31-38)43-15-7-9-17-48(43)53(49)41-12-4-3-5-13-41/h3-33,50H,1-2H3. The van der Waals surface area contributed by atoms with E-state index in [2.05, 4.69) is 193 Å². The first-order chi connectivity index (χ1) is 26.0. The summed E-state index contributed by atoms with van der Waals surface area (Å²) in [4.78, 5) is 4.36. The minimum atomic E-state index is -0.0263. The van der Waals surface area contributed by atoms with E-state index in [1.807, 2.05) is 18.5 Å². The highest BCUT2D eigenvalue weighted by atomic mass is 15.0. The summed E-state index contributed by atoms with van der Waals surface area (Å²) >= 11 is 0. The number of benzene rings is 7. The Morgan fingerprint density at radius 3 is 1.83 bits per heavy atom. The Morgan fingerprint density at radius 2 is 1.08 bits per heavy atom. The Labute approximate surface area is 310 Å². The molecular weight excluding hydrogens is 641 g/mol. The number of pyridine rings is 1. The molecule has 0 saturated carbocycles. The van der Waals surface area contributed by atoms with E-state index in [1.54, 1.807) is 0 Å². The fourth-order valence-corrected chi connectivity index (χ4v) is 8.77. The molecular formula is C51H38N2. The van der Waals surface area contributed by atoms with Crippen molar-refractivity contribution in [3.63, 3.8) is 0 Å². The van der Waals surface area contributed by atoms with Gasteiger partial charge in [0, 0.05) is 40.2 Å². The summed E-state index contributed by atoms with van der Waals surface area (Å²) in [7, 11) is 0. The van der Waals surface area contributed by atoms with Gasteiger partial charge in [0.1, 0.15) is 0 Å². The summed E-state index contributed by atoms with van der Waals surface area (Å²) in [6, 6.07) is 64.8. The van der Waals surface area contributed by atoms with Crippen LogP contribution in [0.4, 0.5) is 0 Å². The van der Waals surface area contributed by atoms with Crippen LogP contribution in [0.2, 0.25) is 0 Å². The third-order valence-corrected chi connectivity index (χ3v) is 11.4. The van der Waals surface area contributed by atoms with Crippen molar-refractivity contribution in [2.75, 3.05) is 0 Å². The van der Waals surface area contributed by atoms with E-state index in [-0.39, 0.29) is 11.3 Å². The first-order valence-corrected chi connectivity index (χ1v) is 18.5. The average molecular weight is 679 g/mol. The van der Waals surface area contributed by atoms with Gasteiger partial charge in [-0.2, -0.15) is 0 Å². The molecule has 10 rings (SSSR count). The number of aromatic nitrogens is 2. The van der Waals surface area contributed by atoms with Crippen LogP contribution in [0.1, 0.15) is 47.6 Å². The van der Waals surface area contributed by atoms with Crippen molar-refractivity contribution in [2.45, 2.75) is 25.2 Å². The van der Waals surface area contributed by atoms with Gasteiger partial charge in [-0.05, 0) is 104 Å². The van der Waals surface area contributed by atoms with E-state index < -0.39 is 0 Å². The Morgan fingerprint density at radius 1 is 0.453 bits per heavy atom. The monoisotopic (exact) mass is 678 g/mol. The van der Waals surface area contributed by atoms with E-state index in [4.69, 9.17) is 0 Å². The molecule has 0 amide bonds. The van der Waals surface area contributed by atoms with Gasteiger partial charge in [0.25, 0.3) is 0 Å². The largest absolute Gasteiger partial charge is 0.309 e. The fourth-order valence-electron chi connectivity index (χ4n) is 8.77. The molecule has 53 heavy (non-hydrogen) atoms. The van der Waals surface area contributed by atoms with Crippen LogP contribution in [0, 0.1) is 0 Å². The van der Waals surface area contributed by atoms with Crippen molar-refractivity contribution in [3.8, 4) is 39.1 Å². The first kappa shape index (κ1) is 31.2. The summed E-state index contributed by atoms with van der Waals surface area (Å²) in [6.45, 7) is 4.70. The molecule has 2 nitrogen and oxygen atoms in total. The number of fused-ring (bicyclic) bond motifs is 6. The van der Waals surface area contributed by atoms with Crippen molar-refractivity contribution in [1.29, 1.82) is 0 Å². The van der Waals surface area contributed by atoms with Crippen LogP contribution in [0.15, 0.2) is 188 Å². The van der Waals surface area contributed by atoms with E-state index >= 15 is 0 Å². The van der Waals surface area contributed by atoms with Gasteiger partial charge in [-0.25, -0.2) is 0 Å². The fraction of sp³-hybridized carbons (Fsp3) is 0.0784. The van der Waals surface area contributed by atoms with Crippen molar-refractivity contribution >= 4 is 21.8 Å². The minimum Gasteiger partial charge on any atom is -0.309 e. The van der Waals surface area contributed by atoms with Crippen molar-refractivity contribution in [2.24, 2.45) is 0 Å². The lowest BCUT2D eigenvalue weighted by Crippen LogP contribution is -2.15. The highest BCUT2D eigenvalue weighted by molar-refractivity contribution is 6.10. The molecule has 0 fully saturated rings. The normalized spacial score (nSPS) is 13.5. The van der Waals surface area contributed by atoms with Crippen LogP contribution in [0.25, 0.3) is 60.9 Å². The number of nitrogens with zero attached hydrogens (tertiary/aromatic N) is 2. The lowest BCUT2D eigenvalue weighted by molar-refractivity contribution is 0.660. The maximum atomic E-state index is 4.36. The molecule has 1 aliphatic rings. The summed E-state index contributed by atoms with van der Waals surface area (Å²) in [5.74, 6) is 0.0690. The smallest absolute Gasteiger partial charge is 0.0541 e. The maximum absolute atomic E-state index is 4.36.